The number of hydrogen-bond acceptors (Lipinski definition) is 3. The maximum Gasteiger partial charge on any atom is 0.346 e. The van der Waals surface area contributed by atoms with Gasteiger partial charge in [0.15, 0.2) is 5.82 Å². The Morgan fingerprint density at radius 1 is 1.54 bits per heavy atom. The first-order valence-corrected chi connectivity index (χ1v) is 6.70. The number of aromatic amines is 1. The molecule has 0 aromatic carbocycles. The molecule has 6 heteroatoms. The Balaban J connectivity index is 0.000000310. The number of anilines is 1. The van der Waals surface area contributed by atoms with Crippen LogP contribution in [0.4, 0.5) is 10.2 Å². The second kappa shape index (κ2) is 5.47. The average Bonchev–Trinajstić information content (AvgIpc) is 1.96. The lowest BCUT2D eigenvalue weighted by molar-refractivity contribution is 0.617. The van der Waals surface area contributed by atoms with Crippen molar-refractivity contribution in [2.45, 2.75) is 19.6 Å². The van der Waals surface area contributed by atoms with Crippen molar-refractivity contribution in [3.05, 3.63) is 22.5 Å². The summed E-state index contributed by atoms with van der Waals surface area (Å²) in [5.41, 5.74) is 4.31. The fourth-order valence-corrected chi connectivity index (χ4v) is 0.392. The molecule has 0 saturated heterocycles. The van der Waals surface area contributed by atoms with Crippen molar-refractivity contribution in [1.82, 2.24) is 9.97 Å². The van der Waals surface area contributed by atoms with Crippen LogP contribution in [-0.2, 0) is 0 Å². The van der Waals surface area contributed by atoms with Gasteiger partial charge in [0.2, 0.25) is 0 Å². The molecule has 13 heavy (non-hydrogen) atoms. The van der Waals surface area contributed by atoms with Crippen LogP contribution in [0.1, 0.15) is 0 Å². The Kier molecular flexibility index (Phi) is 4.98. The van der Waals surface area contributed by atoms with E-state index in [0.717, 1.165) is 6.20 Å². The van der Waals surface area contributed by atoms with Gasteiger partial charge in [-0.25, -0.2) is 9.18 Å². The molecule has 1 rings (SSSR count). The Morgan fingerprint density at radius 2 is 2.00 bits per heavy atom. The predicted molar refractivity (Wildman–Crippen MR) is 52.6 cm³/mol. The van der Waals surface area contributed by atoms with Gasteiger partial charge >= 0.3 is 5.69 Å². The first kappa shape index (κ1) is 11.8. The SMILES string of the molecule is C[Si](C)C.Nc1[nH]c(=O)ncc1F. The van der Waals surface area contributed by atoms with Gasteiger partial charge in [-0.3, -0.25) is 4.98 Å². The van der Waals surface area contributed by atoms with E-state index in [1.807, 2.05) is 4.98 Å². The van der Waals surface area contributed by atoms with Gasteiger partial charge in [-0.1, -0.05) is 19.6 Å². The Bertz CT molecular complexity index is 310. The zero-order chi connectivity index (χ0) is 10.4. The molecule has 0 bridgehead atoms. The summed E-state index contributed by atoms with van der Waals surface area (Å²) in [6.07, 6.45) is 0.772. The third-order valence-electron chi connectivity index (χ3n) is 0.794. The van der Waals surface area contributed by atoms with Crippen molar-refractivity contribution in [2.24, 2.45) is 0 Å². The second-order valence-electron chi connectivity index (χ2n) is 2.95. The van der Waals surface area contributed by atoms with E-state index >= 15 is 0 Å². The highest BCUT2D eigenvalue weighted by atomic mass is 28.3. The summed E-state index contributed by atoms with van der Waals surface area (Å²) < 4.78 is 12.1. The number of nitrogens with one attached hydrogen (secondary N) is 1. The third-order valence-corrected chi connectivity index (χ3v) is 0.794. The molecular weight excluding hydrogens is 189 g/mol. The van der Waals surface area contributed by atoms with Gasteiger partial charge in [0.05, 0.1) is 6.20 Å². The zero-order valence-corrected chi connectivity index (χ0v) is 8.89. The third kappa shape index (κ3) is 6.03. The quantitative estimate of drug-likeness (QED) is 0.613. The summed E-state index contributed by atoms with van der Waals surface area (Å²) in [6, 6.07) is 0. The molecule has 0 spiro atoms. The van der Waals surface area contributed by atoms with Crippen LogP contribution >= 0.6 is 0 Å². The van der Waals surface area contributed by atoms with E-state index in [-0.39, 0.29) is 14.6 Å². The molecular formula is C7H13FN3OSi. The Hall–Kier alpha value is -1.17. The number of halogens is 1. The highest BCUT2D eigenvalue weighted by Crippen LogP contribution is 1.96. The van der Waals surface area contributed by atoms with Gasteiger partial charge in [-0.05, 0) is 0 Å². The number of nitrogens with two attached hydrogens (primary N) is 1. The van der Waals surface area contributed by atoms with E-state index in [2.05, 4.69) is 24.6 Å². The van der Waals surface area contributed by atoms with E-state index in [0.29, 0.717) is 0 Å². The highest BCUT2D eigenvalue weighted by Gasteiger charge is 1.95. The fourth-order valence-electron chi connectivity index (χ4n) is 0.392. The highest BCUT2D eigenvalue weighted by molar-refractivity contribution is 6.54. The average molecular weight is 202 g/mol. The molecule has 0 amide bonds. The topological polar surface area (TPSA) is 71.8 Å². The maximum absolute atomic E-state index is 12.1. The predicted octanol–water partition coefficient (Wildman–Crippen LogP) is 0.862. The Morgan fingerprint density at radius 3 is 2.31 bits per heavy atom. The molecule has 0 aliphatic heterocycles. The maximum atomic E-state index is 12.1. The molecule has 0 fully saturated rings. The van der Waals surface area contributed by atoms with Gasteiger partial charge in [0, 0.05) is 8.80 Å². The number of hydrogen-bond donors (Lipinski definition) is 2. The molecule has 1 heterocycles. The van der Waals surface area contributed by atoms with Crippen LogP contribution in [0.15, 0.2) is 11.0 Å². The summed E-state index contributed by atoms with van der Waals surface area (Å²) in [4.78, 5) is 15.3. The molecule has 3 N–H and O–H groups in total. The van der Waals surface area contributed by atoms with Gasteiger partial charge in [-0.15, -0.1) is 0 Å². The molecule has 1 aromatic rings. The summed E-state index contributed by atoms with van der Waals surface area (Å²) in [5, 5.41) is 0. The summed E-state index contributed by atoms with van der Waals surface area (Å²) in [6.45, 7) is 6.81. The number of rotatable bonds is 0. The second-order valence-corrected chi connectivity index (χ2v) is 5.95. The van der Waals surface area contributed by atoms with Crippen LogP contribution < -0.4 is 11.4 Å². The summed E-state index contributed by atoms with van der Waals surface area (Å²) >= 11 is 0. The van der Waals surface area contributed by atoms with E-state index in [9.17, 15) is 9.18 Å². The number of H-pyrrole nitrogens is 1. The van der Waals surface area contributed by atoms with Gasteiger partial charge in [-0.2, -0.15) is 4.98 Å². The molecule has 0 atom stereocenters. The molecule has 0 saturated carbocycles. The number of nitrogen functional groups attached to an aromatic ring is 1. The number of nitrogens with zero attached hydrogens (tertiary/aromatic N) is 1. The lowest BCUT2D eigenvalue weighted by atomic mass is 10.6. The van der Waals surface area contributed by atoms with Crippen molar-refractivity contribution in [3.8, 4) is 0 Å². The van der Waals surface area contributed by atoms with Crippen molar-refractivity contribution in [3.63, 3.8) is 0 Å². The minimum Gasteiger partial charge on any atom is -0.383 e. The van der Waals surface area contributed by atoms with Gasteiger partial charge in [0.25, 0.3) is 0 Å². The largest absolute Gasteiger partial charge is 0.383 e. The number of aromatic nitrogens is 2. The Labute approximate surface area is 77.6 Å². The molecule has 0 aliphatic carbocycles. The van der Waals surface area contributed by atoms with Crippen molar-refractivity contribution in [1.29, 1.82) is 0 Å². The standard InChI is InChI=1S/C4H4FN3O.C3H9Si/c5-2-1-7-4(9)8-3(2)6;1-4(2)3/h1H,(H3,6,7,8,9);1-3H3. The smallest absolute Gasteiger partial charge is 0.346 e. The molecule has 0 aliphatic rings. The first-order chi connectivity index (χ1) is 5.93. The van der Waals surface area contributed by atoms with Crippen LogP contribution in [-0.4, -0.2) is 18.8 Å². The van der Waals surface area contributed by atoms with E-state index < -0.39 is 11.5 Å². The minimum atomic E-state index is -0.713. The lowest BCUT2D eigenvalue weighted by Crippen LogP contribution is -2.12. The summed E-state index contributed by atoms with van der Waals surface area (Å²) in [7, 11) is 0.120. The van der Waals surface area contributed by atoms with Crippen molar-refractivity contribution in [2.75, 3.05) is 5.73 Å². The van der Waals surface area contributed by atoms with E-state index in [1.165, 1.54) is 0 Å². The summed E-state index contributed by atoms with van der Waals surface area (Å²) in [5.74, 6) is -0.996. The van der Waals surface area contributed by atoms with Crippen LogP contribution in [0, 0.1) is 5.82 Å². The van der Waals surface area contributed by atoms with Crippen molar-refractivity contribution >= 4 is 14.6 Å². The monoisotopic (exact) mass is 202 g/mol. The normalized spacial score (nSPS) is 9.31. The molecule has 73 valence electrons. The molecule has 0 unspecified atom stereocenters. The van der Waals surface area contributed by atoms with Crippen LogP contribution in [0.5, 0.6) is 0 Å². The molecule has 4 nitrogen and oxygen atoms in total. The van der Waals surface area contributed by atoms with E-state index in [1.54, 1.807) is 0 Å². The fraction of sp³-hybridized carbons (Fsp3) is 0.429. The van der Waals surface area contributed by atoms with Gasteiger partial charge in [0.1, 0.15) is 5.82 Å². The van der Waals surface area contributed by atoms with Crippen LogP contribution in [0.25, 0.3) is 0 Å². The molecule has 1 radical (unpaired) electrons. The first-order valence-electron chi connectivity index (χ1n) is 3.70. The van der Waals surface area contributed by atoms with Crippen LogP contribution in [0.3, 0.4) is 0 Å². The van der Waals surface area contributed by atoms with Gasteiger partial charge < -0.3 is 5.73 Å². The lowest BCUT2D eigenvalue weighted by Gasteiger charge is -1.89. The van der Waals surface area contributed by atoms with Crippen LogP contribution in [0.2, 0.25) is 19.6 Å². The zero-order valence-electron chi connectivity index (χ0n) is 7.89. The molecule has 1 aromatic heterocycles. The van der Waals surface area contributed by atoms with E-state index in [4.69, 9.17) is 5.73 Å². The van der Waals surface area contributed by atoms with Crippen molar-refractivity contribution < 1.29 is 4.39 Å². The minimum absolute atomic E-state index is 0.120.